The molecule has 1 aliphatic rings. The Hall–Kier alpha value is -0.820. The van der Waals surface area contributed by atoms with Crippen molar-refractivity contribution in [2.75, 3.05) is 6.54 Å². The van der Waals surface area contributed by atoms with Crippen LogP contribution in [0.25, 0.3) is 0 Å². The highest BCUT2D eigenvalue weighted by Crippen LogP contribution is 2.34. The van der Waals surface area contributed by atoms with E-state index in [0.29, 0.717) is 6.04 Å². The Balaban J connectivity index is 2.39. The van der Waals surface area contributed by atoms with Crippen molar-refractivity contribution < 1.29 is 0 Å². The van der Waals surface area contributed by atoms with Crippen molar-refractivity contribution in [3.63, 3.8) is 0 Å². The summed E-state index contributed by atoms with van der Waals surface area (Å²) in [6.45, 7) is 10.2. The summed E-state index contributed by atoms with van der Waals surface area (Å²) >= 11 is 0. The van der Waals surface area contributed by atoms with Gasteiger partial charge in [-0.15, -0.1) is 0 Å². The van der Waals surface area contributed by atoms with Gasteiger partial charge in [0, 0.05) is 12.0 Å². The fraction of sp³-hybridized carbons (Fsp3) is 0.600. The molecule has 16 heavy (non-hydrogen) atoms. The minimum absolute atomic E-state index is 0.681. The molecule has 1 N–H and O–H groups in total. The van der Waals surface area contributed by atoms with Crippen molar-refractivity contribution in [2.24, 2.45) is 0 Å². The zero-order chi connectivity index (χ0) is 11.7. The van der Waals surface area contributed by atoms with Crippen LogP contribution in [0.2, 0.25) is 0 Å². The van der Waals surface area contributed by atoms with Gasteiger partial charge in [0.15, 0.2) is 0 Å². The maximum Gasteiger partial charge on any atom is 0.0134 e. The van der Waals surface area contributed by atoms with Crippen LogP contribution in [0.4, 0.5) is 0 Å². The summed E-state index contributed by atoms with van der Waals surface area (Å²) in [5.74, 6) is 0.727. The molecule has 2 rings (SSSR count). The maximum atomic E-state index is 3.62. The summed E-state index contributed by atoms with van der Waals surface area (Å²) in [7, 11) is 0. The van der Waals surface area contributed by atoms with Crippen molar-refractivity contribution in [3.8, 4) is 0 Å². The molecule has 1 aromatic carbocycles. The molecule has 0 saturated carbocycles. The van der Waals surface area contributed by atoms with Gasteiger partial charge in [0.2, 0.25) is 0 Å². The molecule has 0 aliphatic carbocycles. The normalized spacial score (nSPS) is 25.0. The molecule has 0 spiro atoms. The number of rotatable bonds is 2. The Morgan fingerprint density at radius 1 is 1.19 bits per heavy atom. The van der Waals surface area contributed by atoms with Crippen LogP contribution in [0.3, 0.4) is 0 Å². The van der Waals surface area contributed by atoms with Crippen molar-refractivity contribution in [1.29, 1.82) is 0 Å². The highest BCUT2D eigenvalue weighted by molar-refractivity contribution is 5.41. The SMILES string of the molecule is CCC1NCCC1c1c(C)cc(C)cc1C. The molecule has 1 aliphatic heterocycles. The second-order valence-corrected chi connectivity index (χ2v) is 5.18. The third-order valence-corrected chi connectivity index (χ3v) is 3.90. The van der Waals surface area contributed by atoms with E-state index in [1.54, 1.807) is 5.56 Å². The first-order chi connectivity index (χ1) is 7.63. The Kier molecular flexibility index (Phi) is 3.34. The van der Waals surface area contributed by atoms with E-state index >= 15 is 0 Å². The van der Waals surface area contributed by atoms with E-state index in [1.165, 1.54) is 36.1 Å². The highest BCUT2D eigenvalue weighted by atomic mass is 14.9. The predicted octanol–water partition coefficient (Wildman–Crippen LogP) is 3.47. The number of nitrogens with one attached hydrogen (secondary N) is 1. The molecular weight excluding hydrogens is 194 g/mol. The van der Waals surface area contributed by atoms with Gasteiger partial charge in [-0.05, 0) is 56.8 Å². The Bertz CT molecular complexity index is 358. The molecule has 0 amide bonds. The molecule has 1 heteroatoms. The van der Waals surface area contributed by atoms with Crippen LogP contribution >= 0.6 is 0 Å². The van der Waals surface area contributed by atoms with Crippen LogP contribution in [-0.2, 0) is 0 Å². The number of aryl methyl sites for hydroxylation is 3. The molecule has 0 radical (unpaired) electrons. The van der Waals surface area contributed by atoms with Crippen LogP contribution in [0.1, 0.15) is 47.9 Å². The molecule has 88 valence electrons. The van der Waals surface area contributed by atoms with Gasteiger partial charge >= 0.3 is 0 Å². The van der Waals surface area contributed by atoms with Crippen LogP contribution in [0, 0.1) is 20.8 Å². The summed E-state index contributed by atoms with van der Waals surface area (Å²) in [4.78, 5) is 0. The standard InChI is InChI=1S/C15H23N/c1-5-14-13(6-7-16-14)15-11(3)8-10(2)9-12(15)4/h8-9,13-14,16H,5-7H2,1-4H3. The quantitative estimate of drug-likeness (QED) is 0.800. The minimum Gasteiger partial charge on any atom is -0.313 e. The van der Waals surface area contributed by atoms with Gasteiger partial charge in [-0.1, -0.05) is 24.6 Å². The summed E-state index contributed by atoms with van der Waals surface area (Å²) in [5.41, 5.74) is 5.94. The maximum absolute atomic E-state index is 3.62. The third kappa shape index (κ3) is 2.01. The Morgan fingerprint density at radius 2 is 1.81 bits per heavy atom. The van der Waals surface area contributed by atoms with Crippen molar-refractivity contribution in [2.45, 2.75) is 52.5 Å². The summed E-state index contributed by atoms with van der Waals surface area (Å²) in [6, 6.07) is 5.33. The molecule has 2 unspecified atom stereocenters. The molecule has 0 bridgehead atoms. The van der Waals surface area contributed by atoms with Crippen LogP contribution in [0.5, 0.6) is 0 Å². The lowest BCUT2D eigenvalue weighted by Gasteiger charge is -2.23. The van der Waals surface area contributed by atoms with Gasteiger partial charge in [0.1, 0.15) is 0 Å². The fourth-order valence-corrected chi connectivity index (χ4v) is 3.32. The van der Waals surface area contributed by atoms with Crippen molar-refractivity contribution in [1.82, 2.24) is 5.32 Å². The van der Waals surface area contributed by atoms with Gasteiger partial charge in [0.05, 0.1) is 0 Å². The second kappa shape index (κ2) is 4.58. The number of benzene rings is 1. The van der Waals surface area contributed by atoms with Gasteiger partial charge in [-0.25, -0.2) is 0 Å². The predicted molar refractivity (Wildman–Crippen MR) is 70.1 cm³/mol. The average molecular weight is 217 g/mol. The lowest BCUT2D eigenvalue weighted by atomic mass is 9.84. The first-order valence-corrected chi connectivity index (χ1v) is 6.44. The monoisotopic (exact) mass is 217 g/mol. The van der Waals surface area contributed by atoms with E-state index in [1.807, 2.05) is 0 Å². The fourth-order valence-electron chi connectivity index (χ4n) is 3.32. The average Bonchev–Trinajstić information content (AvgIpc) is 2.64. The van der Waals surface area contributed by atoms with Crippen molar-refractivity contribution in [3.05, 3.63) is 34.4 Å². The van der Waals surface area contributed by atoms with E-state index in [4.69, 9.17) is 0 Å². The summed E-state index contributed by atoms with van der Waals surface area (Å²) < 4.78 is 0. The molecule has 0 aromatic heterocycles. The largest absolute Gasteiger partial charge is 0.313 e. The van der Waals surface area contributed by atoms with Crippen LogP contribution in [0.15, 0.2) is 12.1 Å². The molecule has 1 fully saturated rings. The first-order valence-electron chi connectivity index (χ1n) is 6.44. The highest BCUT2D eigenvalue weighted by Gasteiger charge is 2.28. The smallest absolute Gasteiger partial charge is 0.0134 e. The molecule has 1 heterocycles. The molecule has 1 saturated heterocycles. The number of hydrogen-bond donors (Lipinski definition) is 1. The zero-order valence-electron chi connectivity index (χ0n) is 10.9. The summed E-state index contributed by atoms with van der Waals surface area (Å²) in [5, 5.41) is 3.62. The Morgan fingerprint density at radius 3 is 2.38 bits per heavy atom. The van der Waals surface area contributed by atoms with E-state index in [-0.39, 0.29) is 0 Å². The van der Waals surface area contributed by atoms with E-state index in [0.717, 1.165) is 5.92 Å². The molecule has 1 nitrogen and oxygen atoms in total. The van der Waals surface area contributed by atoms with Gasteiger partial charge in [-0.3, -0.25) is 0 Å². The Labute approximate surface area is 99.3 Å². The van der Waals surface area contributed by atoms with Crippen LogP contribution < -0.4 is 5.32 Å². The van der Waals surface area contributed by atoms with Gasteiger partial charge in [0.25, 0.3) is 0 Å². The minimum atomic E-state index is 0.681. The topological polar surface area (TPSA) is 12.0 Å². The van der Waals surface area contributed by atoms with Crippen LogP contribution in [-0.4, -0.2) is 12.6 Å². The van der Waals surface area contributed by atoms with E-state index in [9.17, 15) is 0 Å². The second-order valence-electron chi connectivity index (χ2n) is 5.18. The molecular formula is C15H23N. The molecule has 2 atom stereocenters. The lowest BCUT2D eigenvalue weighted by molar-refractivity contribution is 0.528. The van der Waals surface area contributed by atoms with Crippen molar-refractivity contribution >= 4 is 0 Å². The first kappa shape index (κ1) is 11.7. The zero-order valence-corrected chi connectivity index (χ0v) is 10.9. The van der Waals surface area contributed by atoms with E-state index < -0.39 is 0 Å². The third-order valence-electron chi connectivity index (χ3n) is 3.90. The summed E-state index contributed by atoms with van der Waals surface area (Å²) in [6.07, 6.45) is 2.53. The lowest BCUT2D eigenvalue weighted by Crippen LogP contribution is -2.25. The van der Waals surface area contributed by atoms with Gasteiger partial charge < -0.3 is 5.32 Å². The van der Waals surface area contributed by atoms with E-state index in [2.05, 4.69) is 45.1 Å². The number of hydrogen-bond acceptors (Lipinski definition) is 1. The molecule has 1 aromatic rings. The van der Waals surface area contributed by atoms with Gasteiger partial charge in [-0.2, -0.15) is 0 Å².